The van der Waals surface area contributed by atoms with Crippen molar-refractivity contribution >= 4 is 22.6 Å². The zero-order valence-electron chi connectivity index (χ0n) is 16.7. The summed E-state index contributed by atoms with van der Waals surface area (Å²) in [5, 5.41) is 2.11. The summed E-state index contributed by atoms with van der Waals surface area (Å²) >= 11 is 0. The number of carbonyl (C=O) groups excluding carboxylic acids is 2. The molecule has 2 amide bonds. The molecule has 3 aromatic rings. The number of benzene rings is 3. The van der Waals surface area contributed by atoms with Crippen LogP contribution in [0.25, 0.3) is 10.8 Å². The predicted molar refractivity (Wildman–Crippen MR) is 113 cm³/mol. The van der Waals surface area contributed by atoms with Crippen LogP contribution in [0.15, 0.2) is 66.7 Å². The second-order valence-corrected chi connectivity index (χ2v) is 6.37. The smallest absolute Gasteiger partial charge is 0.276 e. The second-order valence-electron chi connectivity index (χ2n) is 6.37. The van der Waals surface area contributed by atoms with Crippen molar-refractivity contribution in [2.45, 2.75) is 6.92 Å². The maximum Gasteiger partial charge on any atom is 0.276 e. The molecule has 7 nitrogen and oxygen atoms in total. The van der Waals surface area contributed by atoms with Crippen molar-refractivity contribution in [2.24, 2.45) is 0 Å². The van der Waals surface area contributed by atoms with Crippen LogP contribution in [0, 0.1) is 0 Å². The third kappa shape index (κ3) is 6.22. The van der Waals surface area contributed by atoms with Crippen molar-refractivity contribution in [3.05, 3.63) is 72.3 Å². The molecule has 0 unspecified atom stereocenters. The van der Waals surface area contributed by atoms with E-state index in [9.17, 15) is 9.59 Å². The van der Waals surface area contributed by atoms with Gasteiger partial charge in [-0.3, -0.25) is 20.4 Å². The van der Waals surface area contributed by atoms with Gasteiger partial charge in [0.1, 0.15) is 18.1 Å². The van der Waals surface area contributed by atoms with Crippen molar-refractivity contribution in [2.75, 3.05) is 26.4 Å². The topological polar surface area (TPSA) is 85.9 Å². The quantitative estimate of drug-likeness (QED) is 0.420. The number of hydrazine groups is 1. The van der Waals surface area contributed by atoms with E-state index in [2.05, 4.69) is 10.9 Å². The number of carbonyl (C=O) groups is 2. The van der Waals surface area contributed by atoms with Crippen molar-refractivity contribution in [3.8, 4) is 11.5 Å². The first-order valence-corrected chi connectivity index (χ1v) is 9.67. The van der Waals surface area contributed by atoms with Crippen LogP contribution in [-0.4, -0.2) is 38.2 Å². The molecule has 0 saturated heterocycles. The monoisotopic (exact) mass is 408 g/mol. The van der Waals surface area contributed by atoms with Crippen molar-refractivity contribution in [1.82, 2.24) is 10.9 Å². The Kier molecular flexibility index (Phi) is 7.63. The summed E-state index contributed by atoms with van der Waals surface area (Å²) in [6.45, 7) is 3.28. The molecule has 0 bridgehead atoms. The highest BCUT2D eigenvalue weighted by atomic mass is 16.5. The van der Waals surface area contributed by atoms with Crippen LogP contribution in [0.2, 0.25) is 0 Å². The highest BCUT2D eigenvalue weighted by molar-refractivity contribution is 5.95. The Labute approximate surface area is 174 Å². The third-order valence-electron chi connectivity index (χ3n) is 4.22. The molecule has 0 aliphatic heterocycles. The lowest BCUT2D eigenvalue weighted by Crippen LogP contribution is -2.43. The summed E-state index contributed by atoms with van der Waals surface area (Å²) in [6.07, 6.45) is 0. The molecule has 0 aromatic heterocycles. The molecule has 7 heteroatoms. The van der Waals surface area contributed by atoms with Crippen LogP contribution in [0.4, 0.5) is 0 Å². The zero-order valence-corrected chi connectivity index (χ0v) is 16.7. The van der Waals surface area contributed by atoms with Gasteiger partial charge < -0.3 is 14.2 Å². The van der Waals surface area contributed by atoms with E-state index in [1.165, 1.54) is 0 Å². The molecule has 0 aliphatic carbocycles. The van der Waals surface area contributed by atoms with Gasteiger partial charge in [0.25, 0.3) is 11.8 Å². The van der Waals surface area contributed by atoms with E-state index in [1.807, 2.05) is 43.3 Å². The molecule has 2 N–H and O–H groups in total. The lowest BCUT2D eigenvalue weighted by molar-refractivity contribution is -0.123. The fourth-order valence-corrected chi connectivity index (χ4v) is 2.71. The maximum atomic E-state index is 12.2. The van der Waals surface area contributed by atoms with Gasteiger partial charge in [-0.15, -0.1) is 0 Å². The molecular weight excluding hydrogens is 384 g/mol. The summed E-state index contributed by atoms with van der Waals surface area (Å²) in [6, 6.07) is 20.1. The Bertz CT molecular complexity index is 988. The van der Waals surface area contributed by atoms with Gasteiger partial charge in [-0.1, -0.05) is 30.3 Å². The number of nitrogens with one attached hydrogen (secondary N) is 2. The molecule has 156 valence electrons. The average Bonchev–Trinajstić information content (AvgIpc) is 2.79. The maximum absolute atomic E-state index is 12.2. The number of rotatable bonds is 9. The summed E-state index contributed by atoms with van der Waals surface area (Å²) in [4.78, 5) is 24.1. The van der Waals surface area contributed by atoms with Crippen LogP contribution in [0.5, 0.6) is 11.5 Å². The fraction of sp³-hybridized carbons (Fsp3) is 0.217. The largest absolute Gasteiger partial charge is 0.491 e. The third-order valence-corrected chi connectivity index (χ3v) is 4.22. The van der Waals surface area contributed by atoms with Crippen molar-refractivity contribution in [3.63, 3.8) is 0 Å². The van der Waals surface area contributed by atoms with E-state index in [4.69, 9.17) is 14.2 Å². The number of ether oxygens (including phenoxy) is 3. The number of amides is 2. The van der Waals surface area contributed by atoms with Crippen molar-refractivity contribution < 1.29 is 23.8 Å². The number of hydrogen-bond donors (Lipinski definition) is 2. The van der Waals surface area contributed by atoms with Gasteiger partial charge in [-0.25, -0.2) is 0 Å². The van der Waals surface area contributed by atoms with Gasteiger partial charge in [0.05, 0.1) is 6.61 Å². The Balaban J connectivity index is 1.41. The molecule has 30 heavy (non-hydrogen) atoms. The first-order valence-electron chi connectivity index (χ1n) is 9.67. The minimum absolute atomic E-state index is 0.217. The first kappa shape index (κ1) is 21.1. The Hall–Kier alpha value is -3.58. The summed E-state index contributed by atoms with van der Waals surface area (Å²) in [7, 11) is 0. The van der Waals surface area contributed by atoms with E-state index in [1.54, 1.807) is 30.3 Å². The lowest BCUT2D eigenvalue weighted by Gasteiger charge is -2.10. The van der Waals surface area contributed by atoms with Crippen molar-refractivity contribution in [1.29, 1.82) is 0 Å². The minimum atomic E-state index is -0.465. The SMILES string of the molecule is CCOCCOc1ccc(C(=O)NNC(=O)COc2ccc3ccccc3c2)cc1. The normalized spacial score (nSPS) is 10.4. The second kappa shape index (κ2) is 10.8. The van der Waals surface area contributed by atoms with Gasteiger partial charge in [-0.2, -0.15) is 0 Å². The molecule has 0 aliphatic rings. The van der Waals surface area contributed by atoms with Crippen LogP contribution in [0.3, 0.4) is 0 Å². The highest BCUT2D eigenvalue weighted by Crippen LogP contribution is 2.20. The Morgan fingerprint density at radius 1 is 0.800 bits per heavy atom. The molecule has 0 heterocycles. The number of hydrogen-bond acceptors (Lipinski definition) is 5. The van der Waals surface area contributed by atoms with Gasteiger partial charge >= 0.3 is 0 Å². The van der Waals surface area contributed by atoms with Gasteiger partial charge in [0.2, 0.25) is 0 Å². The van der Waals surface area contributed by atoms with E-state index >= 15 is 0 Å². The zero-order chi connectivity index (χ0) is 21.2. The van der Waals surface area contributed by atoms with E-state index in [-0.39, 0.29) is 6.61 Å². The molecule has 0 spiro atoms. The predicted octanol–water partition coefficient (Wildman–Crippen LogP) is 3.10. The molecule has 0 radical (unpaired) electrons. The molecule has 0 saturated carbocycles. The van der Waals surface area contributed by atoms with Crippen LogP contribution in [-0.2, 0) is 9.53 Å². The number of fused-ring (bicyclic) bond motifs is 1. The van der Waals surface area contributed by atoms with Gasteiger partial charge in [0, 0.05) is 12.2 Å². The fourth-order valence-electron chi connectivity index (χ4n) is 2.71. The van der Waals surface area contributed by atoms with Gasteiger partial charge in [0.15, 0.2) is 6.61 Å². The van der Waals surface area contributed by atoms with Crippen LogP contribution in [0.1, 0.15) is 17.3 Å². The molecular formula is C23H24N2O5. The van der Waals surface area contributed by atoms with E-state index in [0.29, 0.717) is 36.9 Å². The van der Waals surface area contributed by atoms with E-state index in [0.717, 1.165) is 10.8 Å². The molecule has 0 atom stereocenters. The van der Waals surface area contributed by atoms with Gasteiger partial charge in [-0.05, 0) is 54.1 Å². The molecule has 3 rings (SSSR count). The summed E-state index contributed by atoms with van der Waals surface area (Å²) < 4.78 is 16.2. The summed E-state index contributed by atoms with van der Waals surface area (Å²) in [5.74, 6) is 0.316. The Morgan fingerprint density at radius 3 is 2.30 bits per heavy atom. The Morgan fingerprint density at radius 2 is 1.53 bits per heavy atom. The van der Waals surface area contributed by atoms with Crippen LogP contribution >= 0.6 is 0 Å². The molecule has 3 aromatic carbocycles. The minimum Gasteiger partial charge on any atom is -0.491 e. The summed E-state index contributed by atoms with van der Waals surface area (Å²) in [5.41, 5.74) is 5.10. The average molecular weight is 408 g/mol. The lowest BCUT2D eigenvalue weighted by atomic mass is 10.1. The van der Waals surface area contributed by atoms with Crippen LogP contribution < -0.4 is 20.3 Å². The van der Waals surface area contributed by atoms with E-state index < -0.39 is 11.8 Å². The first-order chi connectivity index (χ1) is 14.7. The molecule has 0 fully saturated rings. The highest BCUT2D eigenvalue weighted by Gasteiger charge is 2.08. The standard InChI is InChI=1S/C23H24N2O5/c1-2-28-13-14-29-20-10-8-18(9-11-20)23(27)25-24-22(26)16-30-21-12-7-17-5-3-4-6-19(17)15-21/h3-12,15H,2,13-14,16H2,1H3,(H,24,26)(H,25,27).